The Morgan fingerprint density at radius 2 is 1.91 bits per heavy atom. The third-order valence-corrected chi connectivity index (χ3v) is 5.89. The summed E-state index contributed by atoms with van der Waals surface area (Å²) in [5, 5.41) is 13.2. The summed E-state index contributed by atoms with van der Waals surface area (Å²) < 4.78 is 44.1. The number of halogens is 4. The zero-order chi connectivity index (χ0) is 24.2. The Bertz CT molecular complexity index is 1340. The number of hydrogen-bond acceptors (Lipinski definition) is 8. The van der Waals surface area contributed by atoms with E-state index < -0.39 is 35.6 Å². The molecular formula is C21H14ClF3N6O3. The number of fused-ring (bicyclic) bond motifs is 1. The van der Waals surface area contributed by atoms with Crippen LogP contribution in [0.2, 0.25) is 5.02 Å². The minimum atomic E-state index is -4.52. The van der Waals surface area contributed by atoms with Crippen molar-refractivity contribution in [1.82, 2.24) is 15.1 Å². The molecule has 3 heterocycles. The van der Waals surface area contributed by atoms with Gasteiger partial charge in [-0.15, -0.1) is 0 Å². The van der Waals surface area contributed by atoms with Gasteiger partial charge in [0.25, 0.3) is 11.8 Å². The molecule has 0 radical (unpaired) electrons. The van der Waals surface area contributed by atoms with E-state index in [1.54, 1.807) is 19.1 Å². The number of imide groups is 1. The van der Waals surface area contributed by atoms with E-state index in [1.807, 2.05) is 0 Å². The zero-order valence-electron chi connectivity index (χ0n) is 17.3. The number of aryl methyl sites for hydroxylation is 1. The predicted molar refractivity (Wildman–Crippen MR) is 111 cm³/mol. The molecule has 34 heavy (non-hydrogen) atoms. The standard InChI is InChI=1S/C21H14ClF3N6O3/c1-10-5-6-13(8-14(10)22)31-19(32)16-17(20(31)33)30(29-27-16)9-15-26-18(28-34-15)11-3-2-4-12(7-11)21(23,24)25/h2-8,16-17H,9H2,1H3/t16-,17+/m1/s1. The van der Waals surface area contributed by atoms with Crippen LogP contribution in [0.3, 0.4) is 0 Å². The molecule has 0 aliphatic carbocycles. The van der Waals surface area contributed by atoms with Gasteiger partial charge in [0.05, 0.1) is 11.3 Å². The monoisotopic (exact) mass is 490 g/mol. The highest BCUT2D eigenvalue weighted by atomic mass is 35.5. The number of aromatic nitrogens is 2. The molecule has 174 valence electrons. The van der Waals surface area contributed by atoms with Gasteiger partial charge < -0.3 is 4.52 Å². The highest BCUT2D eigenvalue weighted by Gasteiger charge is 2.55. The van der Waals surface area contributed by atoms with E-state index in [2.05, 4.69) is 20.5 Å². The van der Waals surface area contributed by atoms with Gasteiger partial charge in [-0.25, -0.2) is 4.90 Å². The molecule has 0 bridgehead atoms. The van der Waals surface area contributed by atoms with Crippen LogP contribution in [-0.4, -0.2) is 39.0 Å². The van der Waals surface area contributed by atoms with Crippen molar-refractivity contribution in [3.63, 3.8) is 0 Å². The molecule has 1 fully saturated rings. The van der Waals surface area contributed by atoms with Crippen molar-refractivity contribution in [2.45, 2.75) is 31.7 Å². The molecule has 0 unspecified atom stereocenters. The van der Waals surface area contributed by atoms with E-state index in [0.717, 1.165) is 22.6 Å². The van der Waals surface area contributed by atoms with Gasteiger partial charge in [-0.1, -0.05) is 40.2 Å². The van der Waals surface area contributed by atoms with E-state index in [1.165, 1.54) is 23.2 Å². The van der Waals surface area contributed by atoms with Crippen molar-refractivity contribution in [3.05, 3.63) is 64.5 Å². The van der Waals surface area contributed by atoms with Crippen molar-refractivity contribution < 1.29 is 27.3 Å². The van der Waals surface area contributed by atoms with Crippen LogP contribution in [0.15, 0.2) is 57.3 Å². The lowest BCUT2D eigenvalue weighted by atomic mass is 10.1. The van der Waals surface area contributed by atoms with E-state index in [-0.39, 0.29) is 23.8 Å². The molecule has 1 saturated heterocycles. The van der Waals surface area contributed by atoms with Crippen LogP contribution in [0.1, 0.15) is 17.0 Å². The maximum Gasteiger partial charge on any atom is 0.416 e. The molecule has 3 aromatic rings. The minimum Gasteiger partial charge on any atom is -0.337 e. The maximum absolute atomic E-state index is 13.1. The van der Waals surface area contributed by atoms with Crippen molar-refractivity contribution in [3.8, 4) is 11.4 Å². The summed E-state index contributed by atoms with van der Waals surface area (Å²) in [7, 11) is 0. The Kier molecular flexibility index (Phi) is 5.12. The summed E-state index contributed by atoms with van der Waals surface area (Å²) in [5.41, 5.74) is 0.373. The fraction of sp³-hybridized carbons (Fsp3) is 0.238. The van der Waals surface area contributed by atoms with Crippen molar-refractivity contribution in [2.24, 2.45) is 10.3 Å². The molecule has 9 nitrogen and oxygen atoms in total. The van der Waals surface area contributed by atoms with Crippen molar-refractivity contribution >= 4 is 29.1 Å². The molecule has 2 aliphatic heterocycles. The van der Waals surface area contributed by atoms with Crippen molar-refractivity contribution in [2.75, 3.05) is 4.90 Å². The van der Waals surface area contributed by atoms with Crippen LogP contribution in [0, 0.1) is 6.92 Å². The normalized spacial score (nSPS) is 19.9. The average molecular weight is 491 g/mol. The smallest absolute Gasteiger partial charge is 0.337 e. The first-order valence-corrected chi connectivity index (χ1v) is 10.3. The second-order valence-electron chi connectivity index (χ2n) is 7.73. The number of carbonyl (C=O) groups is 2. The zero-order valence-corrected chi connectivity index (χ0v) is 18.1. The van der Waals surface area contributed by atoms with Gasteiger partial charge in [0.1, 0.15) is 6.54 Å². The first-order valence-electron chi connectivity index (χ1n) is 9.95. The second kappa shape index (κ2) is 7.90. The highest BCUT2D eigenvalue weighted by Crippen LogP contribution is 2.35. The molecule has 1 aromatic heterocycles. The molecule has 0 N–H and O–H groups in total. The molecular weight excluding hydrogens is 477 g/mol. The molecule has 5 rings (SSSR count). The molecule has 13 heteroatoms. The minimum absolute atomic E-state index is 0.0101. The third-order valence-electron chi connectivity index (χ3n) is 5.48. The highest BCUT2D eigenvalue weighted by molar-refractivity contribution is 6.32. The van der Waals surface area contributed by atoms with Crippen LogP contribution in [0.25, 0.3) is 11.4 Å². The first-order chi connectivity index (χ1) is 16.1. The Morgan fingerprint density at radius 3 is 2.65 bits per heavy atom. The summed E-state index contributed by atoms with van der Waals surface area (Å²) in [4.78, 5) is 31.0. The number of amides is 2. The van der Waals surface area contributed by atoms with Crippen LogP contribution in [-0.2, 0) is 22.3 Å². The van der Waals surface area contributed by atoms with Gasteiger partial charge in [0, 0.05) is 10.6 Å². The Labute approximate surface area is 194 Å². The summed E-state index contributed by atoms with van der Waals surface area (Å²) in [6, 6.07) is 7.26. The summed E-state index contributed by atoms with van der Waals surface area (Å²) in [5.74, 6) is -1.16. The van der Waals surface area contributed by atoms with Crippen LogP contribution in [0.4, 0.5) is 18.9 Å². The van der Waals surface area contributed by atoms with Gasteiger partial charge in [-0.2, -0.15) is 23.3 Å². The maximum atomic E-state index is 13.1. The average Bonchev–Trinajstić information content (AvgIpc) is 3.48. The lowest BCUT2D eigenvalue weighted by molar-refractivity contribution is -0.137. The molecule has 2 amide bonds. The fourth-order valence-electron chi connectivity index (χ4n) is 3.74. The summed E-state index contributed by atoms with van der Waals surface area (Å²) in [6.07, 6.45) is -4.52. The Morgan fingerprint density at radius 1 is 1.12 bits per heavy atom. The summed E-state index contributed by atoms with van der Waals surface area (Å²) >= 11 is 6.14. The van der Waals surface area contributed by atoms with Crippen LogP contribution < -0.4 is 4.90 Å². The number of benzene rings is 2. The quantitative estimate of drug-likeness (QED) is 0.507. The molecule has 2 atom stereocenters. The number of nitrogens with zero attached hydrogens (tertiary/aromatic N) is 6. The van der Waals surface area contributed by atoms with E-state index >= 15 is 0 Å². The fourth-order valence-corrected chi connectivity index (χ4v) is 3.91. The van der Waals surface area contributed by atoms with Crippen molar-refractivity contribution in [1.29, 1.82) is 0 Å². The predicted octanol–water partition coefficient (Wildman–Crippen LogP) is 4.21. The number of hydrogen-bond donors (Lipinski definition) is 0. The van der Waals surface area contributed by atoms with Gasteiger partial charge >= 0.3 is 6.18 Å². The van der Waals surface area contributed by atoms with Crippen LogP contribution in [0.5, 0.6) is 0 Å². The molecule has 0 saturated carbocycles. The molecule has 0 spiro atoms. The lowest BCUT2D eigenvalue weighted by Crippen LogP contribution is -2.39. The van der Waals surface area contributed by atoms with Gasteiger partial charge in [-0.3, -0.25) is 14.6 Å². The van der Waals surface area contributed by atoms with E-state index in [0.29, 0.717) is 10.7 Å². The Balaban J connectivity index is 1.36. The largest absolute Gasteiger partial charge is 0.416 e. The number of anilines is 1. The number of carbonyl (C=O) groups excluding carboxylic acids is 2. The van der Waals surface area contributed by atoms with Gasteiger partial charge in [0.15, 0.2) is 12.1 Å². The summed E-state index contributed by atoms with van der Waals surface area (Å²) in [6.45, 7) is 1.63. The topological polar surface area (TPSA) is 104 Å². The SMILES string of the molecule is Cc1ccc(N2C(=O)[C@@H]3[C@@H](N=NN3Cc3nc(-c4cccc(C(F)(F)F)c4)no3)C2=O)cc1Cl. The number of rotatable bonds is 4. The van der Waals surface area contributed by atoms with E-state index in [4.69, 9.17) is 16.1 Å². The van der Waals surface area contributed by atoms with E-state index in [9.17, 15) is 22.8 Å². The van der Waals surface area contributed by atoms with Gasteiger partial charge in [0.2, 0.25) is 11.7 Å². The van der Waals surface area contributed by atoms with Gasteiger partial charge in [-0.05, 0) is 36.8 Å². The third kappa shape index (κ3) is 3.69. The number of alkyl halides is 3. The second-order valence-corrected chi connectivity index (χ2v) is 8.14. The molecule has 2 aromatic carbocycles. The lowest BCUT2D eigenvalue weighted by Gasteiger charge is -2.19. The molecule has 2 aliphatic rings. The first kappa shape index (κ1) is 22.0. The van der Waals surface area contributed by atoms with Crippen LogP contribution >= 0.6 is 11.6 Å². The Hall–Kier alpha value is -3.80.